The van der Waals surface area contributed by atoms with Crippen molar-refractivity contribution in [3.63, 3.8) is 0 Å². The normalized spacial score (nSPS) is 11.3. The van der Waals surface area contributed by atoms with E-state index in [4.69, 9.17) is 0 Å². The second kappa shape index (κ2) is 8.49. The van der Waals surface area contributed by atoms with Gasteiger partial charge in [0.25, 0.3) is 5.56 Å². The first-order valence-corrected chi connectivity index (χ1v) is 10.3. The molecule has 0 saturated carbocycles. The molecule has 0 fully saturated rings. The maximum Gasteiger partial charge on any atom is 0.293 e. The van der Waals surface area contributed by atoms with E-state index in [1.807, 2.05) is 56.3 Å². The number of amides is 1. The van der Waals surface area contributed by atoms with Gasteiger partial charge in [-0.15, -0.1) is 0 Å². The van der Waals surface area contributed by atoms with Crippen LogP contribution >= 0.6 is 0 Å². The largest absolute Gasteiger partial charge is 0.341 e. The second-order valence-electron chi connectivity index (χ2n) is 7.36. The number of carbonyl (C=O) groups is 1. The van der Waals surface area contributed by atoms with E-state index in [1.54, 1.807) is 11.0 Å². The fourth-order valence-electron chi connectivity index (χ4n) is 3.76. The van der Waals surface area contributed by atoms with Crippen molar-refractivity contribution in [1.29, 1.82) is 0 Å². The summed E-state index contributed by atoms with van der Waals surface area (Å²) in [5.41, 5.74) is 1.74. The van der Waals surface area contributed by atoms with Crippen LogP contribution in [-0.4, -0.2) is 43.3 Å². The molecule has 2 aromatic heterocycles. The van der Waals surface area contributed by atoms with Crippen molar-refractivity contribution in [3.05, 3.63) is 65.2 Å². The molecule has 2 heterocycles. The molecule has 0 aliphatic rings. The Balaban J connectivity index is 1.70. The number of nitrogens with zero attached hydrogens (tertiary/aromatic N) is 5. The molecule has 0 spiro atoms. The van der Waals surface area contributed by atoms with Gasteiger partial charge < -0.3 is 4.90 Å². The minimum Gasteiger partial charge on any atom is -0.341 e. The van der Waals surface area contributed by atoms with E-state index in [0.717, 1.165) is 29.2 Å². The Labute approximate surface area is 174 Å². The summed E-state index contributed by atoms with van der Waals surface area (Å²) in [4.78, 5) is 27.4. The van der Waals surface area contributed by atoms with Crippen LogP contribution in [0.1, 0.15) is 26.7 Å². The summed E-state index contributed by atoms with van der Waals surface area (Å²) in [5.74, 6) is -0.0913. The molecule has 4 aromatic rings. The van der Waals surface area contributed by atoms with Crippen molar-refractivity contribution in [2.75, 3.05) is 13.1 Å². The maximum atomic E-state index is 13.0. The molecule has 2 aromatic carbocycles. The summed E-state index contributed by atoms with van der Waals surface area (Å²) < 4.78 is 2.71. The first-order valence-electron chi connectivity index (χ1n) is 10.3. The van der Waals surface area contributed by atoms with E-state index in [0.29, 0.717) is 24.3 Å². The second-order valence-corrected chi connectivity index (χ2v) is 7.36. The number of hydrogen-bond donors (Lipinski definition) is 0. The fraction of sp³-hybridized carbons (Fsp3) is 0.304. The highest BCUT2D eigenvalue weighted by atomic mass is 16.2. The third kappa shape index (κ3) is 3.70. The first-order chi connectivity index (χ1) is 14.6. The van der Waals surface area contributed by atoms with Crippen LogP contribution < -0.4 is 5.56 Å². The highest BCUT2D eigenvalue weighted by Gasteiger charge is 2.16. The number of rotatable bonds is 7. The Hall–Kier alpha value is -3.48. The molecule has 0 atom stereocenters. The van der Waals surface area contributed by atoms with Crippen LogP contribution in [0.15, 0.2) is 59.7 Å². The molecular weight excluding hydrogens is 378 g/mol. The van der Waals surface area contributed by atoms with Gasteiger partial charge in [0.15, 0.2) is 0 Å². The quantitative estimate of drug-likeness (QED) is 0.474. The standard InChI is InChI=1S/C23H25N5O2/c1-3-12-26(13-4-2)22(29)15-27-23(30)21-14-20(25-28(21)16-24-27)19-11-7-9-17-8-5-6-10-18(17)19/h5-11,14,16H,3-4,12-13,15H2,1-2H3. The van der Waals surface area contributed by atoms with E-state index in [-0.39, 0.29) is 18.0 Å². The van der Waals surface area contributed by atoms with Gasteiger partial charge in [0, 0.05) is 18.7 Å². The molecule has 0 radical (unpaired) electrons. The van der Waals surface area contributed by atoms with Gasteiger partial charge in [-0.2, -0.15) is 10.2 Å². The van der Waals surface area contributed by atoms with Crippen LogP contribution in [0, 0.1) is 0 Å². The average Bonchev–Trinajstić information content (AvgIpc) is 3.20. The van der Waals surface area contributed by atoms with Crippen molar-refractivity contribution < 1.29 is 4.79 Å². The molecule has 0 N–H and O–H groups in total. The smallest absolute Gasteiger partial charge is 0.293 e. The molecule has 4 rings (SSSR count). The maximum absolute atomic E-state index is 13.0. The molecule has 0 aliphatic heterocycles. The van der Waals surface area contributed by atoms with Crippen molar-refractivity contribution in [2.24, 2.45) is 0 Å². The Bertz CT molecular complexity index is 1250. The molecule has 7 nitrogen and oxygen atoms in total. The Morgan fingerprint density at radius 1 is 1.03 bits per heavy atom. The van der Waals surface area contributed by atoms with Crippen LogP contribution in [0.5, 0.6) is 0 Å². The monoisotopic (exact) mass is 403 g/mol. The SMILES string of the molecule is CCCN(CCC)C(=O)Cn1ncn2nc(-c3cccc4ccccc34)cc2c1=O. The topological polar surface area (TPSA) is 72.5 Å². The fourth-order valence-corrected chi connectivity index (χ4v) is 3.76. The summed E-state index contributed by atoms with van der Waals surface area (Å²) in [6, 6.07) is 15.9. The molecule has 0 bridgehead atoms. The van der Waals surface area contributed by atoms with Gasteiger partial charge in [0.05, 0.1) is 5.69 Å². The number of benzene rings is 2. The predicted molar refractivity (Wildman–Crippen MR) is 117 cm³/mol. The zero-order valence-corrected chi connectivity index (χ0v) is 17.3. The van der Waals surface area contributed by atoms with E-state index in [1.165, 1.54) is 15.5 Å². The lowest BCUT2D eigenvalue weighted by Crippen LogP contribution is -2.38. The third-order valence-corrected chi connectivity index (χ3v) is 5.18. The summed E-state index contributed by atoms with van der Waals surface area (Å²) >= 11 is 0. The lowest BCUT2D eigenvalue weighted by molar-refractivity contribution is -0.132. The van der Waals surface area contributed by atoms with Crippen LogP contribution in [0.2, 0.25) is 0 Å². The van der Waals surface area contributed by atoms with Crippen LogP contribution in [0.4, 0.5) is 0 Å². The predicted octanol–water partition coefficient (Wildman–Crippen LogP) is 3.36. The van der Waals surface area contributed by atoms with Crippen molar-refractivity contribution in [2.45, 2.75) is 33.2 Å². The number of hydrogen-bond acceptors (Lipinski definition) is 4. The zero-order chi connectivity index (χ0) is 21.1. The highest BCUT2D eigenvalue weighted by Crippen LogP contribution is 2.27. The molecule has 30 heavy (non-hydrogen) atoms. The van der Waals surface area contributed by atoms with Crippen molar-refractivity contribution in [3.8, 4) is 11.3 Å². The molecule has 1 amide bonds. The summed E-state index contributed by atoms with van der Waals surface area (Å²) in [6.45, 7) is 5.37. The Kier molecular flexibility index (Phi) is 5.61. The molecule has 0 unspecified atom stereocenters. The van der Waals surface area contributed by atoms with Gasteiger partial charge in [0.2, 0.25) is 5.91 Å². The summed E-state index contributed by atoms with van der Waals surface area (Å²) in [6.07, 6.45) is 3.25. The van der Waals surface area contributed by atoms with E-state index < -0.39 is 0 Å². The highest BCUT2D eigenvalue weighted by molar-refractivity contribution is 5.96. The van der Waals surface area contributed by atoms with Crippen LogP contribution in [0.25, 0.3) is 27.5 Å². The van der Waals surface area contributed by atoms with Crippen LogP contribution in [-0.2, 0) is 11.3 Å². The van der Waals surface area contributed by atoms with Crippen LogP contribution in [0.3, 0.4) is 0 Å². The number of aromatic nitrogens is 4. The Morgan fingerprint density at radius 3 is 2.53 bits per heavy atom. The van der Waals surface area contributed by atoms with Gasteiger partial charge in [-0.05, 0) is 29.7 Å². The average molecular weight is 403 g/mol. The van der Waals surface area contributed by atoms with E-state index in [9.17, 15) is 9.59 Å². The minimum absolute atomic E-state index is 0.0654. The molecular formula is C23H25N5O2. The van der Waals surface area contributed by atoms with Crippen molar-refractivity contribution >= 4 is 22.2 Å². The van der Waals surface area contributed by atoms with Gasteiger partial charge in [0.1, 0.15) is 18.4 Å². The third-order valence-electron chi connectivity index (χ3n) is 5.18. The minimum atomic E-state index is -0.321. The molecule has 7 heteroatoms. The van der Waals surface area contributed by atoms with Gasteiger partial charge in [-0.3, -0.25) is 9.59 Å². The van der Waals surface area contributed by atoms with Gasteiger partial charge >= 0.3 is 0 Å². The van der Waals surface area contributed by atoms with E-state index in [2.05, 4.69) is 10.2 Å². The molecule has 0 aliphatic carbocycles. The Morgan fingerprint density at radius 2 is 1.77 bits per heavy atom. The first kappa shape index (κ1) is 19.8. The number of fused-ring (bicyclic) bond motifs is 2. The van der Waals surface area contributed by atoms with Crippen molar-refractivity contribution in [1.82, 2.24) is 24.3 Å². The molecule has 0 saturated heterocycles. The lowest BCUT2D eigenvalue weighted by atomic mass is 10.0. The van der Waals surface area contributed by atoms with Gasteiger partial charge in [-0.25, -0.2) is 9.20 Å². The number of carbonyl (C=O) groups excluding carboxylic acids is 1. The molecule has 154 valence electrons. The summed E-state index contributed by atoms with van der Waals surface area (Å²) in [5, 5.41) is 10.9. The van der Waals surface area contributed by atoms with Gasteiger partial charge in [-0.1, -0.05) is 56.3 Å². The lowest BCUT2D eigenvalue weighted by Gasteiger charge is -2.21. The van der Waals surface area contributed by atoms with E-state index >= 15 is 0 Å². The zero-order valence-electron chi connectivity index (χ0n) is 17.3. The summed E-state index contributed by atoms with van der Waals surface area (Å²) in [7, 11) is 0.